The number of ketones is 2. The van der Waals surface area contributed by atoms with Crippen LogP contribution in [0.25, 0.3) is 0 Å². The zero-order valence-electron chi connectivity index (χ0n) is 24.4. The van der Waals surface area contributed by atoms with Gasteiger partial charge in [-0.1, -0.05) is 0 Å². The molecule has 0 aliphatic heterocycles. The third-order valence-corrected chi connectivity index (χ3v) is 7.88. The van der Waals surface area contributed by atoms with Gasteiger partial charge in [0.25, 0.3) is 5.91 Å². The van der Waals surface area contributed by atoms with E-state index in [4.69, 9.17) is 21.4 Å². The van der Waals surface area contributed by atoms with E-state index >= 15 is 0 Å². The molecular formula is C27H32F3N5O10. The highest BCUT2D eigenvalue weighted by molar-refractivity contribution is 6.25. The lowest BCUT2D eigenvalue weighted by Crippen LogP contribution is -2.63. The molecule has 0 radical (unpaired) electrons. The SMILES string of the molecule is CN(C)c1cc(NC(=O)CN)c(O)c2c1CC1CC3[C@H](N(C)C)C(O)=C(C(N)=O)C(=O)[C@@]3(O)C(O)=C1C2=O.O=C(O)C(F)(F)F. The highest BCUT2D eigenvalue weighted by atomic mass is 19.4. The fourth-order valence-electron chi connectivity index (χ4n) is 5.99. The van der Waals surface area contributed by atoms with E-state index in [0.29, 0.717) is 11.3 Å². The zero-order valence-corrected chi connectivity index (χ0v) is 24.4. The quantitative estimate of drug-likeness (QED) is 0.152. The maximum absolute atomic E-state index is 13.9. The van der Waals surface area contributed by atoms with Crippen molar-refractivity contribution in [3.05, 3.63) is 39.9 Å². The van der Waals surface area contributed by atoms with Gasteiger partial charge >= 0.3 is 12.1 Å². The molecule has 0 fully saturated rings. The first-order chi connectivity index (χ1) is 20.6. The summed E-state index contributed by atoms with van der Waals surface area (Å²) in [6, 6.07) is 0.430. The largest absolute Gasteiger partial charge is 0.510 e. The fourth-order valence-corrected chi connectivity index (χ4v) is 5.99. The van der Waals surface area contributed by atoms with Crippen LogP contribution < -0.4 is 21.7 Å². The molecule has 2 amide bonds. The summed E-state index contributed by atoms with van der Waals surface area (Å²) in [6.45, 7) is -0.373. The Bertz CT molecular complexity index is 1550. The van der Waals surface area contributed by atoms with Crippen molar-refractivity contribution in [3.8, 4) is 5.75 Å². The van der Waals surface area contributed by atoms with Crippen LogP contribution >= 0.6 is 0 Å². The van der Waals surface area contributed by atoms with Crippen molar-refractivity contribution in [2.45, 2.75) is 30.7 Å². The van der Waals surface area contributed by atoms with E-state index in [1.54, 1.807) is 33.1 Å². The minimum atomic E-state index is -5.08. The van der Waals surface area contributed by atoms with E-state index in [-0.39, 0.29) is 36.2 Å². The normalized spacial score (nSPS) is 24.3. The van der Waals surface area contributed by atoms with Gasteiger partial charge < -0.3 is 47.2 Å². The molecule has 0 saturated carbocycles. The van der Waals surface area contributed by atoms with Crippen molar-refractivity contribution < 1.29 is 62.7 Å². The molecule has 15 nitrogen and oxygen atoms in total. The summed E-state index contributed by atoms with van der Waals surface area (Å²) in [6.07, 6.45) is -4.98. The number of carboxylic acid groups (broad SMARTS) is 1. The Kier molecular flexibility index (Phi) is 9.29. The van der Waals surface area contributed by atoms with Gasteiger partial charge in [-0.15, -0.1) is 0 Å². The van der Waals surface area contributed by atoms with Gasteiger partial charge in [0.15, 0.2) is 17.1 Å². The number of allylic oxidation sites excluding steroid dienone is 1. The highest BCUT2D eigenvalue weighted by Crippen LogP contribution is 2.53. The average molecular weight is 644 g/mol. The van der Waals surface area contributed by atoms with E-state index < -0.39 is 81.8 Å². The molecule has 1 aromatic carbocycles. The number of anilines is 2. The van der Waals surface area contributed by atoms with Crippen molar-refractivity contribution >= 4 is 40.7 Å². The Morgan fingerprint density at radius 2 is 1.67 bits per heavy atom. The van der Waals surface area contributed by atoms with Crippen molar-refractivity contribution in [1.82, 2.24) is 4.90 Å². The molecular weight excluding hydrogens is 611 g/mol. The monoisotopic (exact) mass is 643 g/mol. The van der Waals surface area contributed by atoms with Gasteiger partial charge in [0.1, 0.15) is 17.1 Å². The number of amides is 2. The zero-order chi connectivity index (χ0) is 34.5. The molecule has 0 saturated heterocycles. The van der Waals surface area contributed by atoms with E-state index in [1.165, 1.54) is 11.0 Å². The highest BCUT2D eigenvalue weighted by Gasteiger charge is 2.63. The van der Waals surface area contributed by atoms with Crippen molar-refractivity contribution in [1.29, 1.82) is 0 Å². The Balaban J connectivity index is 0.000000707. The smallest absolute Gasteiger partial charge is 0.490 e. The van der Waals surface area contributed by atoms with Crippen LogP contribution in [0.4, 0.5) is 24.5 Å². The number of nitrogens with zero attached hydrogens (tertiary/aromatic N) is 2. The first-order valence-electron chi connectivity index (χ1n) is 13.1. The standard InChI is InChI=1S/C25H31N5O8.C2HF3O2/c1-29(2)13-7-12(28-14(31)8-26)19(32)16-10(13)5-9-6-11-18(30(3)4)21(34)17(24(27)37)23(36)25(11,38)22(35)15(9)20(16)33;3-2(4,5)1(6)7/h7,9,11,18,32,34-35,38H,5-6,8,26H2,1-4H3,(H2,27,37)(H,28,31);(H,6,7)/t9?,11?,18-,25-;/m0./s1. The summed E-state index contributed by atoms with van der Waals surface area (Å²) in [5.74, 6) is -10.8. The molecule has 0 spiro atoms. The predicted octanol–water partition coefficient (Wildman–Crippen LogP) is -0.283. The lowest BCUT2D eigenvalue weighted by Gasteiger charge is -2.50. The third kappa shape index (κ3) is 5.78. The van der Waals surface area contributed by atoms with E-state index in [2.05, 4.69) is 5.32 Å². The number of phenols is 1. The molecule has 45 heavy (non-hydrogen) atoms. The molecule has 4 atom stereocenters. The lowest BCUT2D eigenvalue weighted by molar-refractivity contribution is -0.192. The van der Waals surface area contributed by atoms with Gasteiger partial charge in [-0.05, 0) is 44.5 Å². The Labute approximate surface area is 253 Å². The molecule has 10 N–H and O–H groups in total. The molecule has 2 unspecified atom stereocenters. The molecule has 0 aromatic heterocycles. The number of aliphatic hydroxyl groups excluding tert-OH is 2. The molecule has 246 valence electrons. The van der Waals surface area contributed by atoms with Gasteiger partial charge in [-0.2, -0.15) is 13.2 Å². The van der Waals surface area contributed by atoms with Crippen LogP contribution in [0.3, 0.4) is 0 Å². The van der Waals surface area contributed by atoms with Crippen LogP contribution in [-0.4, -0.2) is 112 Å². The molecule has 4 rings (SSSR count). The maximum atomic E-state index is 13.9. The molecule has 0 heterocycles. The number of phenolic OH excluding ortho intramolecular Hbond substituents is 1. The van der Waals surface area contributed by atoms with Gasteiger partial charge in [0, 0.05) is 31.3 Å². The molecule has 0 bridgehead atoms. The summed E-state index contributed by atoms with van der Waals surface area (Å²) in [4.78, 5) is 63.3. The number of aliphatic hydroxyl groups is 3. The number of hydrogen-bond acceptors (Lipinski definition) is 12. The van der Waals surface area contributed by atoms with Gasteiger partial charge in [-0.3, -0.25) is 24.1 Å². The van der Waals surface area contributed by atoms with Crippen molar-refractivity contribution in [2.75, 3.05) is 45.0 Å². The number of rotatable bonds is 5. The number of likely N-dealkylation sites (N-methyl/N-ethyl adjacent to an activating group) is 1. The maximum Gasteiger partial charge on any atom is 0.490 e. The van der Waals surface area contributed by atoms with Crippen LogP contribution in [-0.2, 0) is 25.6 Å². The first kappa shape index (κ1) is 34.8. The van der Waals surface area contributed by atoms with E-state index in [9.17, 15) is 52.8 Å². The van der Waals surface area contributed by atoms with Crippen molar-refractivity contribution in [2.24, 2.45) is 23.3 Å². The number of aromatic hydroxyl groups is 1. The second-order valence-electron chi connectivity index (χ2n) is 11.1. The average Bonchev–Trinajstić information content (AvgIpc) is 2.91. The molecule has 3 aliphatic carbocycles. The van der Waals surface area contributed by atoms with Crippen LogP contribution in [0.1, 0.15) is 22.3 Å². The molecule has 18 heteroatoms. The topological polar surface area (TPSA) is 257 Å². The molecule has 1 aromatic rings. The second kappa shape index (κ2) is 12.0. The Morgan fingerprint density at radius 1 is 1.11 bits per heavy atom. The number of fused-ring (bicyclic) bond motifs is 3. The summed E-state index contributed by atoms with van der Waals surface area (Å²) < 4.78 is 31.7. The predicted molar refractivity (Wildman–Crippen MR) is 149 cm³/mol. The van der Waals surface area contributed by atoms with E-state index in [0.717, 1.165) is 0 Å². The first-order valence-corrected chi connectivity index (χ1v) is 13.1. The number of carboxylic acids is 1. The third-order valence-electron chi connectivity index (χ3n) is 7.88. The minimum absolute atomic E-state index is 0.0228. The number of aliphatic carboxylic acids is 1. The van der Waals surface area contributed by atoms with Crippen LogP contribution in [0.5, 0.6) is 5.75 Å². The molecule has 3 aliphatic rings. The number of Topliss-reactive ketones (excluding diaryl/α,β-unsaturated/α-hetero) is 2. The van der Waals surface area contributed by atoms with E-state index in [1.807, 2.05) is 0 Å². The minimum Gasteiger partial charge on any atom is -0.510 e. The number of primary amides is 1. The number of carbonyl (C=O) groups excluding carboxylic acids is 4. The Morgan fingerprint density at radius 3 is 2.11 bits per heavy atom. The second-order valence-corrected chi connectivity index (χ2v) is 11.1. The number of alkyl halides is 3. The summed E-state index contributed by atoms with van der Waals surface area (Å²) in [5, 5.41) is 54.4. The summed E-state index contributed by atoms with van der Waals surface area (Å²) >= 11 is 0. The van der Waals surface area contributed by atoms with Crippen LogP contribution in [0, 0.1) is 11.8 Å². The number of halogens is 3. The summed E-state index contributed by atoms with van der Waals surface area (Å²) in [7, 11) is 6.55. The number of nitrogens with one attached hydrogen (secondary N) is 1. The van der Waals surface area contributed by atoms with Crippen LogP contribution in [0.2, 0.25) is 0 Å². The number of benzene rings is 1. The van der Waals surface area contributed by atoms with Gasteiger partial charge in [-0.25, -0.2) is 4.79 Å². The number of nitrogens with two attached hydrogens (primary N) is 2. The number of carbonyl (C=O) groups is 5. The fraction of sp³-hybridized carbons (Fsp3) is 0.444. The lowest BCUT2D eigenvalue weighted by atomic mass is 9.58. The van der Waals surface area contributed by atoms with Gasteiger partial charge in [0.05, 0.1) is 23.8 Å². The van der Waals surface area contributed by atoms with Crippen molar-refractivity contribution in [3.63, 3.8) is 0 Å². The van der Waals surface area contributed by atoms with Gasteiger partial charge in [0.2, 0.25) is 11.7 Å². The number of hydrogen-bond donors (Lipinski definition) is 8. The van der Waals surface area contributed by atoms with Crippen LogP contribution in [0.15, 0.2) is 28.7 Å². The Hall–Kier alpha value is -4.68. The summed E-state index contributed by atoms with van der Waals surface area (Å²) in [5.41, 5.74) is 7.50.